The van der Waals surface area contributed by atoms with Gasteiger partial charge in [-0.2, -0.15) is 0 Å². The molecule has 0 aliphatic heterocycles. The van der Waals surface area contributed by atoms with Gasteiger partial charge in [-0.3, -0.25) is 0 Å². The van der Waals surface area contributed by atoms with Crippen LogP contribution in [0.3, 0.4) is 0 Å². The molecule has 1 fully saturated rings. The fourth-order valence-electron chi connectivity index (χ4n) is 2.64. The van der Waals surface area contributed by atoms with Gasteiger partial charge in [0.25, 0.3) is 0 Å². The van der Waals surface area contributed by atoms with E-state index < -0.39 is 5.82 Å². The smallest absolute Gasteiger partial charge is 0.142 e. The van der Waals surface area contributed by atoms with Crippen molar-refractivity contribution >= 4 is 11.6 Å². The number of aliphatic hydroxyl groups is 1. The van der Waals surface area contributed by atoms with Crippen LogP contribution in [0.2, 0.25) is 5.02 Å². The van der Waals surface area contributed by atoms with E-state index in [0.717, 1.165) is 37.2 Å². The third kappa shape index (κ3) is 3.68. The number of hydrogen-bond acceptors (Lipinski definition) is 2. The van der Waals surface area contributed by atoms with Crippen molar-refractivity contribution in [2.24, 2.45) is 5.92 Å². The quantitative estimate of drug-likeness (QED) is 0.887. The Morgan fingerprint density at radius 1 is 1.42 bits per heavy atom. The molecule has 1 aromatic carbocycles. The summed E-state index contributed by atoms with van der Waals surface area (Å²) in [4.78, 5) is 0. The molecule has 0 bridgehead atoms. The van der Waals surface area contributed by atoms with Crippen molar-refractivity contribution in [2.45, 2.75) is 44.7 Å². The van der Waals surface area contributed by atoms with Gasteiger partial charge < -0.3 is 10.4 Å². The van der Waals surface area contributed by atoms with Crippen molar-refractivity contribution in [2.75, 3.05) is 6.61 Å². The lowest BCUT2D eigenvalue weighted by Gasteiger charge is -2.39. The Morgan fingerprint density at radius 3 is 2.68 bits per heavy atom. The lowest BCUT2D eigenvalue weighted by atomic mass is 9.77. The molecule has 19 heavy (non-hydrogen) atoms. The van der Waals surface area contributed by atoms with Crippen LogP contribution in [-0.2, 0) is 6.54 Å². The van der Waals surface area contributed by atoms with Crippen molar-refractivity contribution in [3.63, 3.8) is 0 Å². The van der Waals surface area contributed by atoms with Crippen molar-refractivity contribution in [3.05, 3.63) is 34.6 Å². The lowest BCUT2D eigenvalue weighted by Crippen LogP contribution is -2.50. The third-order valence-electron chi connectivity index (χ3n) is 4.19. The Morgan fingerprint density at radius 2 is 2.11 bits per heavy atom. The van der Waals surface area contributed by atoms with Crippen LogP contribution in [0, 0.1) is 11.7 Å². The predicted octanol–water partition coefficient (Wildman–Crippen LogP) is 3.51. The van der Waals surface area contributed by atoms with Crippen LogP contribution < -0.4 is 5.32 Å². The minimum atomic E-state index is -0.392. The van der Waals surface area contributed by atoms with Gasteiger partial charge in [-0.05, 0) is 49.3 Å². The zero-order chi connectivity index (χ0) is 13.9. The molecule has 0 atom stereocenters. The summed E-state index contributed by atoms with van der Waals surface area (Å²) in [6.45, 7) is 2.94. The summed E-state index contributed by atoms with van der Waals surface area (Å²) in [5.74, 6) is 0.339. The van der Waals surface area contributed by atoms with Crippen LogP contribution in [0.25, 0.3) is 0 Å². The van der Waals surface area contributed by atoms with E-state index in [1.807, 2.05) is 6.07 Å². The fraction of sp³-hybridized carbons (Fsp3) is 0.600. The maximum Gasteiger partial charge on any atom is 0.142 e. The molecule has 0 radical (unpaired) electrons. The Hall–Kier alpha value is -0.640. The molecule has 2 rings (SSSR count). The minimum Gasteiger partial charge on any atom is -0.394 e. The molecule has 0 heterocycles. The van der Waals surface area contributed by atoms with Gasteiger partial charge in [-0.25, -0.2) is 4.39 Å². The summed E-state index contributed by atoms with van der Waals surface area (Å²) in [5.41, 5.74) is 0.649. The van der Waals surface area contributed by atoms with E-state index in [1.54, 1.807) is 6.07 Å². The van der Waals surface area contributed by atoms with Crippen molar-refractivity contribution in [3.8, 4) is 0 Å². The first-order valence-electron chi connectivity index (χ1n) is 6.84. The molecule has 1 aliphatic carbocycles. The van der Waals surface area contributed by atoms with Gasteiger partial charge >= 0.3 is 0 Å². The number of hydrogen-bond donors (Lipinski definition) is 2. The fourth-order valence-corrected chi connectivity index (χ4v) is 2.76. The molecule has 1 aromatic rings. The van der Waals surface area contributed by atoms with E-state index in [2.05, 4.69) is 12.2 Å². The molecule has 0 saturated heterocycles. The summed E-state index contributed by atoms with van der Waals surface area (Å²) in [6.07, 6.45) is 4.20. The van der Waals surface area contributed by atoms with Crippen LogP contribution in [0.1, 0.15) is 38.2 Å². The Bertz CT molecular complexity index is 430. The van der Waals surface area contributed by atoms with E-state index in [0.29, 0.717) is 6.54 Å². The SMILES string of the molecule is CC1CCC(CO)(NCc2ccc(Cl)c(F)c2)CC1. The summed E-state index contributed by atoms with van der Waals surface area (Å²) in [6, 6.07) is 4.84. The zero-order valence-electron chi connectivity index (χ0n) is 11.3. The number of benzene rings is 1. The molecule has 4 heteroatoms. The lowest BCUT2D eigenvalue weighted by molar-refractivity contribution is 0.104. The van der Waals surface area contributed by atoms with Gasteiger partial charge in [0.2, 0.25) is 0 Å². The zero-order valence-corrected chi connectivity index (χ0v) is 12.0. The molecule has 1 saturated carbocycles. The van der Waals surface area contributed by atoms with Gasteiger partial charge in [-0.1, -0.05) is 24.6 Å². The highest BCUT2D eigenvalue weighted by Gasteiger charge is 2.32. The first-order chi connectivity index (χ1) is 9.04. The second-order valence-electron chi connectivity index (χ2n) is 5.72. The first kappa shape index (κ1) is 14.8. The maximum atomic E-state index is 13.4. The highest BCUT2D eigenvalue weighted by atomic mass is 35.5. The number of nitrogens with one attached hydrogen (secondary N) is 1. The average Bonchev–Trinajstić information content (AvgIpc) is 2.42. The molecular weight excluding hydrogens is 265 g/mol. The van der Waals surface area contributed by atoms with E-state index >= 15 is 0 Å². The molecule has 2 nitrogen and oxygen atoms in total. The highest BCUT2D eigenvalue weighted by molar-refractivity contribution is 6.30. The van der Waals surface area contributed by atoms with E-state index in [9.17, 15) is 9.50 Å². The number of halogens is 2. The van der Waals surface area contributed by atoms with Crippen molar-refractivity contribution < 1.29 is 9.50 Å². The van der Waals surface area contributed by atoms with Gasteiger partial charge in [-0.15, -0.1) is 0 Å². The van der Waals surface area contributed by atoms with Gasteiger partial charge in [0.15, 0.2) is 0 Å². The van der Waals surface area contributed by atoms with Crippen LogP contribution >= 0.6 is 11.6 Å². The van der Waals surface area contributed by atoms with Gasteiger partial charge in [0.05, 0.1) is 11.6 Å². The standard InChI is InChI=1S/C15H21ClFNO/c1-11-4-6-15(10-19,7-5-11)18-9-12-2-3-13(16)14(17)8-12/h2-3,8,11,18-19H,4-7,9-10H2,1H3. The normalized spacial score (nSPS) is 27.5. The number of aliphatic hydroxyl groups excluding tert-OH is 1. The van der Waals surface area contributed by atoms with E-state index in [-0.39, 0.29) is 17.2 Å². The molecule has 106 valence electrons. The van der Waals surface area contributed by atoms with Gasteiger partial charge in [0, 0.05) is 12.1 Å². The molecule has 0 amide bonds. The molecule has 2 N–H and O–H groups in total. The third-order valence-corrected chi connectivity index (χ3v) is 4.49. The van der Waals surface area contributed by atoms with Crippen LogP contribution in [0.4, 0.5) is 4.39 Å². The Kier molecular flexibility index (Phi) is 4.82. The second kappa shape index (κ2) is 6.21. The molecule has 1 aliphatic rings. The molecule has 0 spiro atoms. The predicted molar refractivity (Wildman–Crippen MR) is 75.7 cm³/mol. The molecule has 0 unspecified atom stereocenters. The largest absolute Gasteiger partial charge is 0.394 e. The first-order valence-corrected chi connectivity index (χ1v) is 7.22. The summed E-state index contributed by atoms with van der Waals surface area (Å²) in [5, 5.41) is 13.2. The Labute approximate surface area is 119 Å². The van der Waals surface area contributed by atoms with Gasteiger partial charge in [0.1, 0.15) is 5.82 Å². The van der Waals surface area contributed by atoms with Crippen LogP contribution in [0.5, 0.6) is 0 Å². The van der Waals surface area contributed by atoms with E-state index in [1.165, 1.54) is 6.07 Å². The summed E-state index contributed by atoms with van der Waals surface area (Å²) < 4.78 is 13.4. The average molecular weight is 286 g/mol. The Balaban J connectivity index is 1.97. The topological polar surface area (TPSA) is 32.3 Å². The summed E-state index contributed by atoms with van der Waals surface area (Å²) in [7, 11) is 0. The highest BCUT2D eigenvalue weighted by Crippen LogP contribution is 2.31. The minimum absolute atomic E-state index is 0.135. The summed E-state index contributed by atoms with van der Waals surface area (Å²) >= 11 is 5.66. The molecule has 0 aromatic heterocycles. The number of rotatable bonds is 4. The van der Waals surface area contributed by atoms with Crippen LogP contribution in [-0.4, -0.2) is 17.3 Å². The van der Waals surface area contributed by atoms with Crippen molar-refractivity contribution in [1.29, 1.82) is 0 Å². The van der Waals surface area contributed by atoms with E-state index in [4.69, 9.17) is 11.6 Å². The second-order valence-corrected chi connectivity index (χ2v) is 6.13. The van der Waals surface area contributed by atoms with Crippen molar-refractivity contribution in [1.82, 2.24) is 5.32 Å². The maximum absolute atomic E-state index is 13.4. The van der Waals surface area contributed by atoms with Crippen LogP contribution in [0.15, 0.2) is 18.2 Å². The molecular formula is C15H21ClFNO. The monoisotopic (exact) mass is 285 g/mol.